The molecule has 0 spiro atoms. The molecular weight excluding hydrogens is 789 g/mol. The molecule has 0 aliphatic heterocycles. The molecular formula is C58H36N2S2. The number of hydrogen-bond acceptors (Lipinski definition) is 4. The highest BCUT2D eigenvalue weighted by molar-refractivity contribution is 7.27. The van der Waals surface area contributed by atoms with Crippen molar-refractivity contribution < 1.29 is 0 Å². The molecule has 0 fully saturated rings. The molecule has 11 aromatic carbocycles. The van der Waals surface area contributed by atoms with Gasteiger partial charge in [0.2, 0.25) is 0 Å². The van der Waals surface area contributed by atoms with Crippen LogP contribution < -0.4 is 9.80 Å². The largest absolute Gasteiger partial charge is 0.309 e. The monoisotopic (exact) mass is 824 g/mol. The summed E-state index contributed by atoms with van der Waals surface area (Å²) in [7, 11) is 0. The Bertz CT molecular complexity index is 3480. The Kier molecular flexibility index (Phi) is 7.99. The molecule has 0 radical (unpaired) electrons. The number of nitrogens with zero attached hydrogens (tertiary/aromatic N) is 2. The van der Waals surface area contributed by atoms with E-state index in [-0.39, 0.29) is 0 Å². The molecule has 62 heavy (non-hydrogen) atoms. The van der Waals surface area contributed by atoms with Crippen molar-refractivity contribution in [2.45, 2.75) is 0 Å². The molecule has 0 unspecified atom stereocenters. The van der Waals surface area contributed by atoms with E-state index in [1.165, 1.54) is 106 Å². The van der Waals surface area contributed by atoms with Crippen LogP contribution in [0.1, 0.15) is 0 Å². The highest BCUT2D eigenvalue weighted by Gasteiger charge is 2.21. The van der Waals surface area contributed by atoms with Crippen molar-refractivity contribution in [3.05, 3.63) is 218 Å². The van der Waals surface area contributed by atoms with Gasteiger partial charge in [0.1, 0.15) is 0 Å². The van der Waals surface area contributed by atoms with Crippen LogP contribution in [0, 0.1) is 0 Å². The molecule has 0 saturated heterocycles. The second kappa shape index (κ2) is 14.0. The zero-order valence-corrected chi connectivity index (χ0v) is 35.1. The SMILES string of the molecule is c1ccc2c(N(c3ccc4c(c3)sc3cc5c(cc34)sc3cc(N(c4cccc6ccccc46)c4cccc6ccccc46)ccc35)c3cccc4ccccc34)cccc2c1. The molecule has 0 saturated carbocycles. The van der Waals surface area contributed by atoms with Crippen LogP contribution in [0.2, 0.25) is 0 Å². The predicted octanol–water partition coefficient (Wildman–Crippen LogP) is 18.0. The van der Waals surface area contributed by atoms with E-state index in [0.717, 1.165) is 11.4 Å². The lowest BCUT2D eigenvalue weighted by molar-refractivity contribution is 1.32. The molecule has 0 aliphatic rings. The van der Waals surface area contributed by atoms with Crippen LogP contribution in [0.5, 0.6) is 0 Å². The van der Waals surface area contributed by atoms with E-state index in [9.17, 15) is 0 Å². The van der Waals surface area contributed by atoms with Crippen LogP contribution in [-0.2, 0) is 0 Å². The van der Waals surface area contributed by atoms with Crippen molar-refractivity contribution in [1.29, 1.82) is 0 Å². The van der Waals surface area contributed by atoms with Gasteiger partial charge in [-0.05, 0) is 82.2 Å². The summed E-state index contributed by atoms with van der Waals surface area (Å²) in [5.41, 5.74) is 6.99. The normalized spacial score (nSPS) is 11.9. The number of rotatable bonds is 6. The lowest BCUT2D eigenvalue weighted by atomic mass is 10.0. The maximum Gasteiger partial charge on any atom is 0.0540 e. The third-order valence-electron chi connectivity index (χ3n) is 12.6. The summed E-state index contributed by atoms with van der Waals surface area (Å²) >= 11 is 3.78. The van der Waals surface area contributed by atoms with Gasteiger partial charge in [-0.1, -0.05) is 158 Å². The molecule has 4 heteroatoms. The zero-order chi connectivity index (χ0) is 40.7. The third-order valence-corrected chi connectivity index (χ3v) is 14.8. The number of fused-ring (bicyclic) bond motifs is 10. The summed E-state index contributed by atoms with van der Waals surface area (Å²) in [4.78, 5) is 4.91. The fourth-order valence-corrected chi connectivity index (χ4v) is 12.1. The minimum atomic E-state index is 1.15. The summed E-state index contributed by atoms with van der Waals surface area (Å²) in [6.07, 6.45) is 0. The second-order valence-electron chi connectivity index (χ2n) is 16.1. The van der Waals surface area contributed by atoms with Gasteiger partial charge in [-0.15, -0.1) is 22.7 Å². The van der Waals surface area contributed by atoms with Gasteiger partial charge in [-0.25, -0.2) is 0 Å². The summed E-state index contributed by atoms with van der Waals surface area (Å²) in [5.74, 6) is 0. The van der Waals surface area contributed by atoms with Crippen LogP contribution in [0.4, 0.5) is 34.1 Å². The Morgan fingerprint density at radius 2 is 0.516 bits per heavy atom. The Hall–Kier alpha value is -7.50. The summed E-state index contributed by atoms with van der Waals surface area (Å²) in [5, 5.41) is 15.0. The van der Waals surface area contributed by atoms with E-state index >= 15 is 0 Å². The summed E-state index contributed by atoms with van der Waals surface area (Å²) < 4.78 is 5.19. The Morgan fingerprint density at radius 1 is 0.226 bits per heavy atom. The van der Waals surface area contributed by atoms with Crippen LogP contribution in [0.25, 0.3) is 83.4 Å². The minimum Gasteiger partial charge on any atom is -0.309 e. The second-order valence-corrected chi connectivity index (χ2v) is 18.2. The van der Waals surface area contributed by atoms with E-state index in [1.807, 2.05) is 22.7 Å². The Morgan fingerprint density at radius 3 is 0.855 bits per heavy atom. The van der Waals surface area contributed by atoms with Gasteiger partial charge in [0, 0.05) is 73.3 Å². The molecule has 0 aliphatic carbocycles. The maximum absolute atomic E-state index is 2.46. The van der Waals surface area contributed by atoms with Crippen LogP contribution in [-0.4, -0.2) is 0 Å². The van der Waals surface area contributed by atoms with Gasteiger partial charge in [0.25, 0.3) is 0 Å². The number of thiophene rings is 2. The van der Waals surface area contributed by atoms with E-state index in [2.05, 4.69) is 228 Å². The Labute approximate surface area is 366 Å². The van der Waals surface area contributed by atoms with E-state index in [1.54, 1.807) is 0 Å². The molecule has 0 atom stereocenters. The van der Waals surface area contributed by atoms with Crippen LogP contribution in [0.15, 0.2) is 218 Å². The predicted molar refractivity (Wildman–Crippen MR) is 272 cm³/mol. The standard InChI is InChI=1S/C58H36N2S2/c1-5-21-43-37(13-1)17-9-25-51(43)59(52-26-10-18-38-14-2-6-22-44(38)52)41-29-31-47-49-35-58-50(36-57(49)61-55(47)33-41)48-32-30-42(34-56(48)62-58)60(53-27-11-19-39-15-3-7-23-45(39)53)54-28-12-20-40-16-4-8-24-46(40)54/h1-36H. The van der Waals surface area contributed by atoms with Gasteiger partial charge in [0.05, 0.1) is 22.7 Å². The fourth-order valence-electron chi connectivity index (χ4n) is 9.73. The van der Waals surface area contributed by atoms with Gasteiger partial charge < -0.3 is 9.80 Å². The number of anilines is 6. The van der Waals surface area contributed by atoms with Crippen LogP contribution in [0.3, 0.4) is 0 Å². The van der Waals surface area contributed by atoms with E-state index < -0.39 is 0 Å². The maximum atomic E-state index is 2.46. The molecule has 0 amide bonds. The molecule has 0 bridgehead atoms. The van der Waals surface area contributed by atoms with Crippen molar-refractivity contribution in [3.8, 4) is 0 Å². The highest BCUT2D eigenvalue weighted by atomic mass is 32.1. The first kappa shape index (κ1) is 35.3. The molecule has 2 heterocycles. The molecule has 2 nitrogen and oxygen atoms in total. The molecule has 13 aromatic rings. The lowest BCUT2D eigenvalue weighted by Crippen LogP contribution is -2.10. The van der Waals surface area contributed by atoms with Gasteiger partial charge in [-0.3, -0.25) is 0 Å². The molecule has 13 rings (SSSR count). The van der Waals surface area contributed by atoms with Crippen molar-refractivity contribution in [3.63, 3.8) is 0 Å². The van der Waals surface area contributed by atoms with Crippen molar-refractivity contribution >= 4 is 140 Å². The van der Waals surface area contributed by atoms with Gasteiger partial charge in [0.15, 0.2) is 0 Å². The highest BCUT2D eigenvalue weighted by Crippen LogP contribution is 2.48. The zero-order valence-electron chi connectivity index (χ0n) is 33.5. The smallest absolute Gasteiger partial charge is 0.0540 e. The fraction of sp³-hybridized carbons (Fsp3) is 0. The minimum absolute atomic E-state index is 1.15. The van der Waals surface area contributed by atoms with Crippen LogP contribution >= 0.6 is 22.7 Å². The lowest BCUT2D eigenvalue weighted by Gasteiger charge is -2.28. The van der Waals surface area contributed by atoms with Gasteiger partial charge in [-0.2, -0.15) is 0 Å². The van der Waals surface area contributed by atoms with Gasteiger partial charge >= 0.3 is 0 Å². The molecule has 2 aromatic heterocycles. The number of benzene rings is 11. The quantitative estimate of drug-likeness (QED) is 0.165. The first-order chi connectivity index (χ1) is 30.7. The third kappa shape index (κ3) is 5.54. The van der Waals surface area contributed by atoms with Crippen molar-refractivity contribution in [2.24, 2.45) is 0 Å². The first-order valence-electron chi connectivity index (χ1n) is 21.1. The average molecular weight is 825 g/mol. The summed E-state index contributed by atoms with van der Waals surface area (Å²) in [6, 6.07) is 80.4. The molecule has 0 N–H and O–H groups in total. The number of hydrogen-bond donors (Lipinski definition) is 0. The van der Waals surface area contributed by atoms with E-state index in [0.29, 0.717) is 0 Å². The average Bonchev–Trinajstić information content (AvgIpc) is 3.87. The van der Waals surface area contributed by atoms with E-state index in [4.69, 9.17) is 0 Å². The topological polar surface area (TPSA) is 6.48 Å². The van der Waals surface area contributed by atoms with Crippen molar-refractivity contribution in [1.82, 2.24) is 0 Å². The summed E-state index contributed by atoms with van der Waals surface area (Å²) in [6.45, 7) is 0. The first-order valence-corrected chi connectivity index (χ1v) is 22.7. The molecule has 290 valence electrons. The Balaban J connectivity index is 0.963. The van der Waals surface area contributed by atoms with Crippen molar-refractivity contribution in [2.75, 3.05) is 9.80 Å².